The molecule has 0 unspecified atom stereocenters. The van der Waals surface area contributed by atoms with Crippen molar-refractivity contribution in [3.8, 4) is 0 Å². The van der Waals surface area contributed by atoms with Gasteiger partial charge in [-0.1, -0.05) is 39.9 Å². The summed E-state index contributed by atoms with van der Waals surface area (Å²) in [4.78, 5) is 8.66. The maximum absolute atomic E-state index is 8.66. The van der Waals surface area contributed by atoms with Gasteiger partial charge in [-0.25, -0.2) is 0 Å². The van der Waals surface area contributed by atoms with Crippen LogP contribution in [0.4, 0.5) is 0 Å². The van der Waals surface area contributed by atoms with Crippen LogP contribution in [0, 0.1) is 14.4 Å². The van der Waals surface area contributed by atoms with Crippen LogP contribution in [0.25, 0.3) is 16.5 Å². The smallest absolute Gasteiger partial charge is 0.0809 e. The van der Waals surface area contributed by atoms with Crippen LogP contribution in [0.1, 0.15) is 27.7 Å². The molecule has 2 rings (SSSR count). The molecular weight excluding hydrogens is 513 g/mol. The molecule has 2 nitrogen and oxygen atoms in total. The zero-order chi connectivity index (χ0) is 21.8. The second-order valence-corrected chi connectivity index (χ2v) is 12.4. The first kappa shape index (κ1) is 47.3. The third kappa shape index (κ3) is 65.3. The Hall–Kier alpha value is 0.517. The second kappa shape index (κ2) is 30.7. The van der Waals surface area contributed by atoms with Crippen LogP contribution < -0.4 is 0 Å². The average Bonchev–Trinajstić information content (AvgIpc) is 2.97. The van der Waals surface area contributed by atoms with Gasteiger partial charge in [0.25, 0.3) is 0 Å². The molecule has 2 radical (unpaired) electrons. The average molecular weight is 558 g/mol. The SMILES string of the molecule is CC(C)(C)[NH-].C[Si](C)(C)O.C[Si]C.Cl.Cl.[CH2-]C.[CH2]=[Zr].[CH3-].c1ccc2[cH-]ccc2c1. The first-order valence-electron chi connectivity index (χ1n) is 8.61. The largest absolute Gasteiger partial charge is 0.358 e. The molecule has 2 aromatic rings. The molecule has 0 atom stereocenters. The normalized spacial score (nSPS) is 8.24. The minimum Gasteiger partial charge on any atom is -0.358 e. The second-order valence-electron chi connectivity index (χ2n) is 7.08. The van der Waals surface area contributed by atoms with Crippen LogP contribution in [0.5, 0.6) is 0 Å². The van der Waals surface area contributed by atoms with E-state index in [4.69, 9.17) is 10.5 Å². The van der Waals surface area contributed by atoms with Crippen LogP contribution in [-0.4, -0.2) is 32.4 Å². The number of fused-ring (bicyclic) bond motifs is 1. The zero-order valence-corrected chi connectivity index (χ0v) is 26.3. The van der Waals surface area contributed by atoms with E-state index in [0.717, 1.165) is 9.52 Å². The summed E-state index contributed by atoms with van der Waals surface area (Å²) in [5.41, 5.74) is 6.69. The Morgan fingerprint density at radius 1 is 1.03 bits per heavy atom. The molecule has 0 heterocycles. The van der Waals surface area contributed by atoms with Gasteiger partial charge < -0.3 is 24.9 Å². The third-order valence-corrected chi connectivity index (χ3v) is 1.55. The fourth-order valence-corrected chi connectivity index (χ4v) is 1.07. The summed E-state index contributed by atoms with van der Waals surface area (Å²) in [6, 6.07) is 14.7. The fourth-order valence-electron chi connectivity index (χ4n) is 1.07. The quantitative estimate of drug-likeness (QED) is 0.258. The molecule has 2 N–H and O–H groups in total. The van der Waals surface area contributed by atoms with Crippen molar-refractivity contribution < 1.29 is 29.0 Å². The van der Waals surface area contributed by atoms with Crippen LogP contribution in [0.2, 0.25) is 32.7 Å². The number of rotatable bonds is 0. The van der Waals surface area contributed by atoms with E-state index in [-0.39, 0.29) is 37.8 Å². The van der Waals surface area contributed by atoms with Crippen LogP contribution in [0.3, 0.4) is 0 Å². The van der Waals surface area contributed by atoms with E-state index < -0.39 is 8.32 Å². The van der Waals surface area contributed by atoms with Crippen molar-refractivity contribution >= 4 is 57.6 Å². The molecule has 0 saturated carbocycles. The molecule has 0 aromatic heterocycles. The molecule has 0 aliphatic carbocycles. The summed E-state index contributed by atoms with van der Waals surface area (Å²) in [6.45, 7) is 20.5. The van der Waals surface area contributed by atoms with Crippen molar-refractivity contribution in [3.05, 3.63) is 62.5 Å². The van der Waals surface area contributed by atoms with Crippen LogP contribution >= 0.6 is 24.8 Å². The van der Waals surface area contributed by atoms with Gasteiger partial charge in [0.15, 0.2) is 8.32 Å². The summed E-state index contributed by atoms with van der Waals surface area (Å²) in [7, 11) is -0.528. The van der Waals surface area contributed by atoms with Gasteiger partial charge in [-0.3, -0.25) is 0 Å². The molecule has 0 bridgehead atoms. The van der Waals surface area contributed by atoms with Crippen molar-refractivity contribution in [2.24, 2.45) is 0 Å². The van der Waals surface area contributed by atoms with E-state index in [2.05, 4.69) is 66.7 Å². The monoisotopic (exact) mass is 555 g/mol. The van der Waals surface area contributed by atoms with Crippen LogP contribution in [-0.2, 0) is 24.2 Å². The molecule has 174 valence electrons. The molecule has 0 saturated heterocycles. The molecule has 29 heavy (non-hydrogen) atoms. The van der Waals surface area contributed by atoms with Gasteiger partial charge in [0.2, 0.25) is 0 Å². The predicted molar refractivity (Wildman–Crippen MR) is 146 cm³/mol. The van der Waals surface area contributed by atoms with Gasteiger partial charge in [0.05, 0.1) is 0 Å². The number of nitrogens with one attached hydrogen (secondary N) is 1. The van der Waals surface area contributed by atoms with Crippen LogP contribution in [0.15, 0.2) is 42.5 Å². The van der Waals surface area contributed by atoms with E-state index in [0.29, 0.717) is 0 Å². The number of hydrogen-bond donors (Lipinski definition) is 1. The first-order chi connectivity index (χ1) is 11.9. The predicted octanol–water partition coefficient (Wildman–Crippen LogP) is 8.10. The third-order valence-electron chi connectivity index (χ3n) is 1.55. The molecular formula is C22H45Cl2NOSi2Zr-4. The molecule has 0 amide bonds. The topological polar surface area (TPSA) is 44.0 Å². The van der Waals surface area contributed by atoms with Gasteiger partial charge in [0, 0.05) is 9.52 Å². The van der Waals surface area contributed by atoms with Gasteiger partial charge in [-0.15, -0.1) is 60.0 Å². The Morgan fingerprint density at radius 2 is 1.31 bits per heavy atom. The molecule has 0 aliphatic rings. The van der Waals surface area contributed by atoms with Gasteiger partial charge in [-0.2, -0.15) is 24.4 Å². The number of hydrogen-bond acceptors (Lipinski definition) is 1. The van der Waals surface area contributed by atoms with Crippen molar-refractivity contribution in [2.75, 3.05) is 0 Å². The summed E-state index contributed by atoms with van der Waals surface area (Å²) in [5, 5.41) is 2.66. The molecule has 0 aliphatic heterocycles. The van der Waals surface area contributed by atoms with E-state index >= 15 is 0 Å². The van der Waals surface area contributed by atoms with E-state index in [1.807, 2.05) is 40.4 Å². The molecule has 7 heteroatoms. The Morgan fingerprint density at radius 3 is 1.59 bits per heavy atom. The first-order valence-corrected chi connectivity index (χ1v) is 15.8. The number of benzene rings is 1. The Balaban J connectivity index is -0.0000000433. The number of halogens is 2. The van der Waals surface area contributed by atoms with Crippen molar-refractivity contribution in [3.63, 3.8) is 0 Å². The summed E-state index contributed by atoms with van der Waals surface area (Å²) >= 11 is 1.30. The van der Waals surface area contributed by atoms with Crippen molar-refractivity contribution in [1.82, 2.24) is 0 Å². The summed E-state index contributed by atoms with van der Waals surface area (Å²) in [6.07, 6.45) is 0. The Kier molecular flexibility index (Phi) is 50.1. The standard InChI is InChI=1S/C9H7.C4H10N.C3H10OSi.C2H6Si.C2H5.CH3.CH2.2ClH.Zr/c1-2-5-9-7-3-6-8(9)4-1;1-4(2,3)5;1-5(2,3)4;1-3-2;1-2;;;;;/h1-7H;5H,1-3H3;4H,1-3H3;1-2H3;1H2,2H3;1H3;1H2;2*1H;/q2*-1;;;2*-1;;;;. The maximum atomic E-state index is 8.66. The van der Waals surface area contributed by atoms with Gasteiger partial charge >= 0.3 is 28.4 Å². The Bertz CT molecular complexity index is 459. The Labute approximate surface area is 213 Å². The summed E-state index contributed by atoms with van der Waals surface area (Å²) < 4.78 is 3.34. The van der Waals surface area contributed by atoms with E-state index in [1.165, 1.54) is 35.0 Å². The maximum Gasteiger partial charge on any atom is -0.0809 e. The van der Waals surface area contributed by atoms with E-state index in [9.17, 15) is 0 Å². The zero-order valence-electron chi connectivity index (χ0n) is 20.2. The summed E-state index contributed by atoms with van der Waals surface area (Å²) in [5.74, 6) is 0. The molecule has 2 aromatic carbocycles. The fraction of sp³-hybridized carbons (Fsp3) is 0.455. The molecule has 0 fully saturated rings. The van der Waals surface area contributed by atoms with Gasteiger partial charge in [0.1, 0.15) is 0 Å². The molecule has 0 spiro atoms. The minimum atomic E-state index is -1.61. The van der Waals surface area contributed by atoms with Crippen molar-refractivity contribution in [1.29, 1.82) is 0 Å². The van der Waals surface area contributed by atoms with E-state index in [1.54, 1.807) is 6.92 Å². The van der Waals surface area contributed by atoms with Gasteiger partial charge in [-0.05, 0) is 19.6 Å². The minimum absolute atomic E-state index is 0. The van der Waals surface area contributed by atoms with Crippen molar-refractivity contribution in [2.45, 2.75) is 66.0 Å².